The molecule has 2 fully saturated rings. The molecule has 0 bridgehead atoms. The summed E-state index contributed by atoms with van der Waals surface area (Å²) in [6, 6.07) is 0. The quantitative estimate of drug-likeness (QED) is 0.678. The second kappa shape index (κ2) is 4.07. The highest BCUT2D eigenvalue weighted by Gasteiger charge is 2.26. The Labute approximate surface area is 78.2 Å². The van der Waals surface area contributed by atoms with Crippen molar-refractivity contribution in [3.8, 4) is 0 Å². The third-order valence-corrected chi connectivity index (χ3v) is 2.46. The van der Waals surface area contributed by atoms with Gasteiger partial charge in [-0.15, -0.1) is 5.06 Å². The molecule has 4 heteroatoms. The molecule has 0 aromatic rings. The van der Waals surface area contributed by atoms with E-state index in [9.17, 15) is 4.79 Å². The van der Waals surface area contributed by atoms with Crippen molar-refractivity contribution in [1.82, 2.24) is 10.4 Å². The summed E-state index contributed by atoms with van der Waals surface area (Å²) < 4.78 is 0. The van der Waals surface area contributed by atoms with E-state index in [2.05, 4.69) is 5.32 Å². The van der Waals surface area contributed by atoms with Crippen molar-refractivity contribution in [3.05, 3.63) is 0 Å². The average molecular weight is 184 g/mol. The Bertz CT molecular complexity index is 186. The summed E-state index contributed by atoms with van der Waals surface area (Å²) in [6.45, 7) is 3.46. The molecule has 1 N–H and O–H groups in total. The minimum Gasteiger partial charge on any atom is -0.368 e. The Hall–Kier alpha value is -0.610. The van der Waals surface area contributed by atoms with Gasteiger partial charge in [0.15, 0.2) is 0 Å². The van der Waals surface area contributed by atoms with Gasteiger partial charge in [-0.3, -0.25) is 4.79 Å². The summed E-state index contributed by atoms with van der Waals surface area (Å²) in [7, 11) is 0. The van der Waals surface area contributed by atoms with Gasteiger partial charge < -0.3 is 10.2 Å². The summed E-state index contributed by atoms with van der Waals surface area (Å²) in [5, 5.41) is 4.97. The SMILES string of the molecule is O=C(CC1CC1)ON1CCNCC1. The van der Waals surface area contributed by atoms with E-state index in [4.69, 9.17) is 4.84 Å². The summed E-state index contributed by atoms with van der Waals surface area (Å²) in [5.74, 6) is 0.569. The number of nitrogens with zero attached hydrogens (tertiary/aromatic N) is 1. The molecule has 2 rings (SSSR count). The molecule has 0 unspecified atom stereocenters. The van der Waals surface area contributed by atoms with E-state index >= 15 is 0 Å². The van der Waals surface area contributed by atoms with Crippen molar-refractivity contribution < 1.29 is 9.63 Å². The maximum absolute atomic E-state index is 11.3. The van der Waals surface area contributed by atoms with Gasteiger partial charge in [0, 0.05) is 26.2 Å². The van der Waals surface area contributed by atoms with Crippen LogP contribution in [-0.4, -0.2) is 37.2 Å². The molecule has 74 valence electrons. The first-order valence-electron chi connectivity index (χ1n) is 5.01. The molecular formula is C9H16N2O2. The van der Waals surface area contributed by atoms with Crippen LogP contribution in [0.3, 0.4) is 0 Å². The fourth-order valence-electron chi connectivity index (χ4n) is 1.47. The van der Waals surface area contributed by atoms with Gasteiger partial charge in [0.2, 0.25) is 0 Å². The molecule has 1 aliphatic heterocycles. The lowest BCUT2D eigenvalue weighted by molar-refractivity contribution is -0.193. The molecule has 0 amide bonds. The maximum Gasteiger partial charge on any atom is 0.325 e. The van der Waals surface area contributed by atoms with E-state index in [-0.39, 0.29) is 5.97 Å². The lowest BCUT2D eigenvalue weighted by atomic mass is 10.3. The number of piperazine rings is 1. The Kier molecular flexibility index (Phi) is 2.80. The molecule has 0 radical (unpaired) electrons. The van der Waals surface area contributed by atoms with E-state index in [1.54, 1.807) is 5.06 Å². The zero-order valence-corrected chi connectivity index (χ0v) is 7.79. The van der Waals surface area contributed by atoms with Crippen LogP contribution in [-0.2, 0) is 9.63 Å². The van der Waals surface area contributed by atoms with Gasteiger partial charge in [-0.2, -0.15) is 0 Å². The van der Waals surface area contributed by atoms with Crippen LogP contribution < -0.4 is 5.32 Å². The van der Waals surface area contributed by atoms with Crippen molar-refractivity contribution in [2.75, 3.05) is 26.2 Å². The molecule has 2 aliphatic rings. The van der Waals surface area contributed by atoms with E-state index in [0.29, 0.717) is 12.3 Å². The molecule has 1 saturated carbocycles. The zero-order chi connectivity index (χ0) is 9.10. The van der Waals surface area contributed by atoms with Gasteiger partial charge in [-0.05, 0) is 18.8 Å². The lowest BCUT2D eigenvalue weighted by Gasteiger charge is -2.25. The zero-order valence-electron chi connectivity index (χ0n) is 7.79. The van der Waals surface area contributed by atoms with Crippen LogP contribution in [0.5, 0.6) is 0 Å². The number of hydrogen-bond acceptors (Lipinski definition) is 4. The molecule has 0 aromatic carbocycles. The van der Waals surface area contributed by atoms with E-state index in [1.165, 1.54) is 12.8 Å². The van der Waals surface area contributed by atoms with Gasteiger partial charge in [-0.25, -0.2) is 0 Å². The normalized spacial score (nSPS) is 24.3. The monoisotopic (exact) mass is 184 g/mol. The Morgan fingerprint density at radius 3 is 2.69 bits per heavy atom. The number of carbonyl (C=O) groups excluding carboxylic acids is 1. The molecule has 0 spiro atoms. The number of rotatable bonds is 3. The minimum absolute atomic E-state index is 0.0515. The highest BCUT2D eigenvalue weighted by Crippen LogP contribution is 2.32. The fraction of sp³-hybridized carbons (Fsp3) is 0.889. The first kappa shape index (κ1) is 8.97. The first-order chi connectivity index (χ1) is 6.34. The van der Waals surface area contributed by atoms with Gasteiger partial charge in [0.05, 0.1) is 6.42 Å². The van der Waals surface area contributed by atoms with Crippen molar-refractivity contribution in [2.24, 2.45) is 5.92 Å². The van der Waals surface area contributed by atoms with Gasteiger partial charge in [0.25, 0.3) is 0 Å². The molecular weight excluding hydrogens is 168 g/mol. The largest absolute Gasteiger partial charge is 0.368 e. The van der Waals surface area contributed by atoms with Crippen LogP contribution in [0, 0.1) is 5.92 Å². The molecule has 1 aliphatic carbocycles. The highest BCUT2D eigenvalue weighted by atomic mass is 16.7. The van der Waals surface area contributed by atoms with Gasteiger partial charge in [-0.1, -0.05) is 0 Å². The van der Waals surface area contributed by atoms with Crippen molar-refractivity contribution in [3.63, 3.8) is 0 Å². The van der Waals surface area contributed by atoms with Crippen molar-refractivity contribution in [1.29, 1.82) is 0 Å². The second-order valence-corrected chi connectivity index (χ2v) is 3.79. The Morgan fingerprint density at radius 2 is 2.08 bits per heavy atom. The van der Waals surface area contributed by atoms with Crippen molar-refractivity contribution in [2.45, 2.75) is 19.3 Å². The van der Waals surface area contributed by atoms with Crippen molar-refractivity contribution >= 4 is 5.97 Å². The van der Waals surface area contributed by atoms with E-state index in [0.717, 1.165) is 26.2 Å². The molecule has 13 heavy (non-hydrogen) atoms. The number of hydrogen-bond donors (Lipinski definition) is 1. The minimum atomic E-state index is -0.0515. The van der Waals surface area contributed by atoms with Gasteiger partial charge >= 0.3 is 5.97 Å². The maximum atomic E-state index is 11.3. The topological polar surface area (TPSA) is 41.6 Å². The van der Waals surface area contributed by atoms with E-state index in [1.807, 2.05) is 0 Å². The predicted molar refractivity (Wildman–Crippen MR) is 47.9 cm³/mol. The summed E-state index contributed by atoms with van der Waals surface area (Å²) in [4.78, 5) is 16.5. The van der Waals surface area contributed by atoms with Gasteiger partial charge in [0.1, 0.15) is 0 Å². The third-order valence-electron chi connectivity index (χ3n) is 2.46. The smallest absolute Gasteiger partial charge is 0.325 e. The second-order valence-electron chi connectivity index (χ2n) is 3.79. The van der Waals surface area contributed by atoms with Crippen LogP contribution >= 0.6 is 0 Å². The van der Waals surface area contributed by atoms with Crippen LogP contribution in [0.2, 0.25) is 0 Å². The number of nitrogens with one attached hydrogen (secondary N) is 1. The van der Waals surface area contributed by atoms with Crippen LogP contribution in [0.25, 0.3) is 0 Å². The predicted octanol–water partition coefficient (Wildman–Crippen LogP) is 0.150. The summed E-state index contributed by atoms with van der Waals surface area (Å²) in [5.41, 5.74) is 0. The molecule has 4 nitrogen and oxygen atoms in total. The summed E-state index contributed by atoms with van der Waals surface area (Å²) >= 11 is 0. The Balaban J connectivity index is 1.66. The molecule has 1 heterocycles. The lowest BCUT2D eigenvalue weighted by Crippen LogP contribution is -2.44. The average Bonchev–Trinajstić information content (AvgIpc) is 2.90. The standard InChI is InChI=1S/C9H16N2O2/c12-9(7-8-1-2-8)13-11-5-3-10-4-6-11/h8,10H,1-7H2. The number of hydroxylamine groups is 2. The van der Waals surface area contributed by atoms with Crippen LogP contribution in [0.1, 0.15) is 19.3 Å². The van der Waals surface area contributed by atoms with Crippen LogP contribution in [0.15, 0.2) is 0 Å². The Morgan fingerprint density at radius 1 is 1.38 bits per heavy atom. The van der Waals surface area contributed by atoms with Crippen LogP contribution in [0.4, 0.5) is 0 Å². The molecule has 1 saturated heterocycles. The number of carbonyl (C=O) groups is 1. The highest BCUT2D eigenvalue weighted by molar-refractivity contribution is 5.69. The first-order valence-corrected chi connectivity index (χ1v) is 5.01. The fourth-order valence-corrected chi connectivity index (χ4v) is 1.47. The third kappa shape index (κ3) is 2.97. The van der Waals surface area contributed by atoms with E-state index < -0.39 is 0 Å². The molecule has 0 aromatic heterocycles. The molecule has 0 atom stereocenters. The summed E-state index contributed by atoms with van der Waals surface area (Å²) in [6.07, 6.45) is 3.03.